The Kier molecular flexibility index (Phi) is 4.73. The van der Waals surface area contributed by atoms with E-state index in [0.717, 1.165) is 52.8 Å². The first-order valence-electron chi connectivity index (χ1n) is 9.92. The maximum absolute atomic E-state index is 5.94. The van der Waals surface area contributed by atoms with Gasteiger partial charge in [-0.3, -0.25) is 0 Å². The van der Waals surface area contributed by atoms with Crippen molar-refractivity contribution in [2.75, 3.05) is 26.4 Å². The van der Waals surface area contributed by atoms with Gasteiger partial charge in [-0.1, -0.05) is 0 Å². The van der Waals surface area contributed by atoms with Crippen LogP contribution in [0.25, 0.3) is 16.9 Å². The number of rotatable bonds is 8. The second-order valence-corrected chi connectivity index (χ2v) is 7.61. The fourth-order valence-corrected chi connectivity index (χ4v) is 3.34. The zero-order valence-corrected chi connectivity index (χ0v) is 16.6. The third kappa shape index (κ3) is 4.28. The SMILES string of the molecule is Cc1cc(-c2ccn(-c3ccc(OCC4CO4)cc3)n2)cc(C)c1OCC1CO1. The van der Waals surface area contributed by atoms with Crippen LogP contribution >= 0.6 is 0 Å². The van der Waals surface area contributed by atoms with Crippen LogP contribution < -0.4 is 9.47 Å². The predicted molar refractivity (Wildman–Crippen MR) is 109 cm³/mol. The van der Waals surface area contributed by atoms with Crippen LogP contribution in [0.2, 0.25) is 0 Å². The monoisotopic (exact) mass is 392 g/mol. The summed E-state index contributed by atoms with van der Waals surface area (Å²) in [5.41, 5.74) is 5.22. The van der Waals surface area contributed by atoms with Crippen molar-refractivity contribution >= 4 is 0 Å². The number of benzene rings is 2. The van der Waals surface area contributed by atoms with E-state index < -0.39 is 0 Å². The quantitative estimate of drug-likeness (QED) is 0.547. The summed E-state index contributed by atoms with van der Waals surface area (Å²) < 4.78 is 23.9. The maximum atomic E-state index is 5.94. The minimum Gasteiger partial charge on any atom is -0.491 e. The molecule has 0 amide bonds. The summed E-state index contributed by atoms with van der Waals surface area (Å²) >= 11 is 0. The van der Waals surface area contributed by atoms with Crippen molar-refractivity contribution in [1.82, 2.24) is 9.78 Å². The molecule has 2 atom stereocenters. The average Bonchev–Trinajstić information content (AvgIpc) is 3.65. The molecule has 0 saturated carbocycles. The molecule has 3 heterocycles. The highest BCUT2D eigenvalue weighted by atomic mass is 16.6. The van der Waals surface area contributed by atoms with Gasteiger partial charge >= 0.3 is 0 Å². The second kappa shape index (κ2) is 7.54. The summed E-state index contributed by atoms with van der Waals surface area (Å²) in [4.78, 5) is 0. The van der Waals surface area contributed by atoms with Crippen molar-refractivity contribution in [2.45, 2.75) is 26.1 Å². The van der Waals surface area contributed by atoms with Gasteiger partial charge in [0, 0.05) is 11.8 Å². The van der Waals surface area contributed by atoms with Crippen molar-refractivity contribution in [2.24, 2.45) is 0 Å². The van der Waals surface area contributed by atoms with E-state index in [2.05, 4.69) is 26.0 Å². The smallest absolute Gasteiger partial charge is 0.125 e. The summed E-state index contributed by atoms with van der Waals surface area (Å²) in [6.45, 7) is 6.97. The fraction of sp³-hybridized carbons (Fsp3) is 0.348. The van der Waals surface area contributed by atoms with Crippen LogP contribution in [0.1, 0.15) is 11.1 Å². The zero-order chi connectivity index (χ0) is 19.8. The molecule has 150 valence electrons. The van der Waals surface area contributed by atoms with Crippen molar-refractivity contribution in [3.63, 3.8) is 0 Å². The van der Waals surface area contributed by atoms with Crippen molar-refractivity contribution in [3.05, 3.63) is 59.8 Å². The van der Waals surface area contributed by atoms with E-state index in [0.29, 0.717) is 13.2 Å². The van der Waals surface area contributed by atoms with Gasteiger partial charge in [-0.05, 0) is 67.4 Å². The first-order chi connectivity index (χ1) is 14.2. The van der Waals surface area contributed by atoms with E-state index in [-0.39, 0.29) is 12.2 Å². The van der Waals surface area contributed by atoms with Crippen molar-refractivity contribution < 1.29 is 18.9 Å². The topological polar surface area (TPSA) is 61.3 Å². The minimum absolute atomic E-state index is 0.253. The molecule has 2 aromatic carbocycles. The van der Waals surface area contributed by atoms with Crippen LogP contribution in [0.5, 0.6) is 11.5 Å². The molecule has 0 N–H and O–H groups in total. The molecule has 2 fully saturated rings. The molecule has 2 saturated heterocycles. The Morgan fingerprint density at radius 2 is 1.55 bits per heavy atom. The van der Waals surface area contributed by atoms with Crippen LogP contribution in [0.4, 0.5) is 0 Å². The number of hydrogen-bond acceptors (Lipinski definition) is 5. The van der Waals surface area contributed by atoms with Crippen molar-refractivity contribution in [1.29, 1.82) is 0 Å². The van der Waals surface area contributed by atoms with Gasteiger partial charge in [0.15, 0.2) is 0 Å². The zero-order valence-electron chi connectivity index (χ0n) is 16.6. The van der Waals surface area contributed by atoms with E-state index in [1.54, 1.807) is 0 Å². The van der Waals surface area contributed by atoms with Gasteiger partial charge in [-0.15, -0.1) is 0 Å². The summed E-state index contributed by atoms with van der Waals surface area (Å²) in [5, 5.41) is 4.76. The molecule has 6 heteroatoms. The molecule has 0 spiro atoms. The number of epoxide rings is 2. The average molecular weight is 392 g/mol. The first kappa shape index (κ1) is 18.2. The van der Waals surface area contributed by atoms with Crippen LogP contribution in [0.15, 0.2) is 48.7 Å². The second-order valence-electron chi connectivity index (χ2n) is 7.61. The van der Waals surface area contributed by atoms with Crippen LogP contribution in [0, 0.1) is 13.8 Å². The van der Waals surface area contributed by atoms with E-state index in [9.17, 15) is 0 Å². The molecule has 0 aliphatic carbocycles. The highest BCUT2D eigenvalue weighted by molar-refractivity contribution is 5.64. The Morgan fingerprint density at radius 3 is 2.17 bits per heavy atom. The van der Waals surface area contributed by atoms with Gasteiger partial charge in [0.05, 0.1) is 24.6 Å². The molecule has 0 radical (unpaired) electrons. The third-order valence-electron chi connectivity index (χ3n) is 5.10. The molecule has 2 aliphatic rings. The number of aryl methyl sites for hydroxylation is 2. The minimum atomic E-state index is 0.253. The molecule has 3 aromatic rings. The molecule has 2 unspecified atom stereocenters. The van der Waals surface area contributed by atoms with Crippen molar-refractivity contribution in [3.8, 4) is 28.4 Å². The number of aromatic nitrogens is 2. The Hall–Kier alpha value is -2.83. The fourth-order valence-electron chi connectivity index (χ4n) is 3.34. The van der Waals surface area contributed by atoms with Crippen LogP contribution in [-0.2, 0) is 9.47 Å². The molecule has 0 bridgehead atoms. The lowest BCUT2D eigenvalue weighted by Crippen LogP contribution is -2.06. The predicted octanol–water partition coefficient (Wildman–Crippen LogP) is 3.71. The van der Waals surface area contributed by atoms with Gasteiger partial charge in [-0.25, -0.2) is 4.68 Å². The summed E-state index contributed by atoms with van der Waals surface area (Å²) in [7, 11) is 0. The summed E-state index contributed by atoms with van der Waals surface area (Å²) in [6.07, 6.45) is 2.49. The highest BCUT2D eigenvalue weighted by Gasteiger charge is 2.24. The van der Waals surface area contributed by atoms with Gasteiger partial charge in [0.2, 0.25) is 0 Å². The van der Waals surface area contributed by atoms with Gasteiger partial charge in [0.25, 0.3) is 0 Å². The standard InChI is InChI=1S/C23H24N2O4/c1-15-9-17(10-16(2)23(15)29-14-21-13-28-21)22-7-8-25(24-22)18-3-5-19(6-4-18)26-11-20-12-27-20/h3-10,20-21H,11-14H2,1-2H3. The normalized spacial score (nSPS) is 19.8. The van der Waals surface area contributed by atoms with Gasteiger partial charge < -0.3 is 18.9 Å². The lowest BCUT2D eigenvalue weighted by molar-refractivity contribution is 0.260. The lowest BCUT2D eigenvalue weighted by atomic mass is 10.0. The third-order valence-corrected chi connectivity index (χ3v) is 5.10. The molecule has 29 heavy (non-hydrogen) atoms. The molecule has 1 aromatic heterocycles. The lowest BCUT2D eigenvalue weighted by Gasteiger charge is -2.13. The largest absolute Gasteiger partial charge is 0.491 e. The maximum Gasteiger partial charge on any atom is 0.125 e. The van der Waals surface area contributed by atoms with Gasteiger partial charge in [-0.2, -0.15) is 5.10 Å². The van der Waals surface area contributed by atoms with E-state index in [4.69, 9.17) is 24.0 Å². The Morgan fingerprint density at radius 1 is 0.931 bits per heavy atom. The Bertz CT molecular complexity index is 981. The highest BCUT2D eigenvalue weighted by Crippen LogP contribution is 2.30. The van der Waals surface area contributed by atoms with Crippen LogP contribution in [-0.4, -0.2) is 48.4 Å². The molecular weight excluding hydrogens is 368 g/mol. The Labute approximate surface area is 170 Å². The van der Waals surface area contributed by atoms with E-state index in [1.807, 2.05) is 41.2 Å². The van der Waals surface area contributed by atoms with E-state index >= 15 is 0 Å². The molecule has 5 rings (SSSR count). The summed E-state index contributed by atoms with van der Waals surface area (Å²) in [5.74, 6) is 1.78. The number of ether oxygens (including phenoxy) is 4. The van der Waals surface area contributed by atoms with Crippen LogP contribution in [0.3, 0.4) is 0 Å². The molecular formula is C23H24N2O4. The van der Waals surface area contributed by atoms with Gasteiger partial charge in [0.1, 0.15) is 36.9 Å². The summed E-state index contributed by atoms with van der Waals surface area (Å²) in [6, 6.07) is 14.2. The first-order valence-corrected chi connectivity index (χ1v) is 9.92. The Balaban J connectivity index is 1.31. The molecule has 6 nitrogen and oxygen atoms in total. The van der Waals surface area contributed by atoms with E-state index in [1.165, 1.54) is 0 Å². The number of nitrogens with zero attached hydrogens (tertiary/aromatic N) is 2. The number of hydrogen-bond donors (Lipinski definition) is 0. The molecule has 2 aliphatic heterocycles.